The number of hydrogen-bond acceptors (Lipinski definition) is 6. The second kappa shape index (κ2) is 4.85. The Labute approximate surface area is 101 Å². The number of nitrogens with two attached hydrogens (primary N) is 1. The molecule has 1 unspecified atom stereocenters. The fourth-order valence-electron chi connectivity index (χ4n) is 2.07. The minimum absolute atomic E-state index is 0.0715. The van der Waals surface area contributed by atoms with Crippen LogP contribution >= 0.6 is 0 Å². The van der Waals surface area contributed by atoms with E-state index in [1.807, 2.05) is 6.07 Å². The molecule has 1 saturated heterocycles. The molecule has 2 heterocycles. The lowest BCUT2D eigenvalue weighted by Crippen LogP contribution is -2.40. The van der Waals surface area contributed by atoms with Gasteiger partial charge in [0.2, 0.25) is 5.95 Å². The topological polar surface area (TPSA) is 85.1 Å². The van der Waals surface area contributed by atoms with Crippen LogP contribution in [0.1, 0.15) is 26.7 Å². The number of hydrogen-bond donors (Lipinski definition) is 3. The number of rotatable bonds is 3. The van der Waals surface area contributed by atoms with E-state index < -0.39 is 0 Å². The number of anilines is 2. The Morgan fingerprint density at radius 1 is 1.53 bits per heavy atom. The molecule has 1 aromatic heterocycles. The molecule has 0 bridgehead atoms. The van der Waals surface area contributed by atoms with Gasteiger partial charge in [-0.1, -0.05) is 0 Å². The Bertz CT molecular complexity index is 382. The minimum atomic E-state index is -0.0715. The van der Waals surface area contributed by atoms with Crippen molar-refractivity contribution in [2.75, 3.05) is 17.3 Å². The Balaban J connectivity index is 2.00. The van der Waals surface area contributed by atoms with Crippen LogP contribution in [0.15, 0.2) is 12.3 Å². The van der Waals surface area contributed by atoms with Gasteiger partial charge in [0, 0.05) is 18.8 Å². The predicted octanol–water partition coefficient (Wildman–Crippen LogP) is 1.13. The largest absolute Gasteiger partial charge is 0.375 e. The maximum absolute atomic E-state index is 5.67. The number of ether oxygens (including phenoxy) is 1. The molecule has 0 amide bonds. The van der Waals surface area contributed by atoms with Crippen molar-refractivity contribution in [3.8, 4) is 0 Å². The van der Waals surface area contributed by atoms with E-state index in [1.165, 1.54) is 0 Å². The lowest BCUT2D eigenvalue weighted by molar-refractivity contribution is -0.0553. The van der Waals surface area contributed by atoms with Crippen molar-refractivity contribution < 1.29 is 4.74 Å². The molecule has 6 nitrogen and oxygen atoms in total. The molecule has 2 rings (SSSR count). The van der Waals surface area contributed by atoms with Crippen molar-refractivity contribution in [2.45, 2.75) is 38.3 Å². The summed E-state index contributed by atoms with van der Waals surface area (Å²) >= 11 is 0. The first-order valence-corrected chi connectivity index (χ1v) is 5.79. The van der Waals surface area contributed by atoms with Crippen molar-refractivity contribution in [1.82, 2.24) is 9.97 Å². The van der Waals surface area contributed by atoms with Crippen LogP contribution in [0.3, 0.4) is 0 Å². The molecule has 6 heteroatoms. The third-order valence-electron chi connectivity index (χ3n) is 2.83. The normalized spacial score (nSPS) is 23.1. The van der Waals surface area contributed by atoms with Gasteiger partial charge in [-0.3, -0.25) is 5.43 Å². The summed E-state index contributed by atoms with van der Waals surface area (Å²) in [4.78, 5) is 8.20. The Kier molecular flexibility index (Phi) is 3.44. The van der Waals surface area contributed by atoms with Crippen molar-refractivity contribution in [2.24, 2.45) is 5.84 Å². The first-order valence-electron chi connectivity index (χ1n) is 5.79. The van der Waals surface area contributed by atoms with Crippen molar-refractivity contribution in [3.63, 3.8) is 0 Å². The van der Waals surface area contributed by atoms with E-state index in [1.54, 1.807) is 6.20 Å². The summed E-state index contributed by atoms with van der Waals surface area (Å²) in [6, 6.07) is 2.21. The maximum atomic E-state index is 5.67. The van der Waals surface area contributed by atoms with Crippen LogP contribution in [-0.2, 0) is 4.74 Å². The second-order valence-corrected chi connectivity index (χ2v) is 4.85. The Morgan fingerprint density at radius 3 is 3.06 bits per heavy atom. The molecular weight excluding hydrogens is 218 g/mol. The molecule has 1 atom stereocenters. The molecule has 1 aromatic rings. The van der Waals surface area contributed by atoms with E-state index in [0.717, 1.165) is 25.3 Å². The molecular formula is C11H19N5O. The molecule has 1 aliphatic rings. The van der Waals surface area contributed by atoms with Gasteiger partial charge in [-0.2, -0.15) is 4.98 Å². The summed E-state index contributed by atoms with van der Waals surface area (Å²) in [5.41, 5.74) is 2.36. The maximum Gasteiger partial charge on any atom is 0.239 e. The molecule has 1 fully saturated rings. The standard InChI is InChI=1S/C11H19N5O/c1-11(2)7-8(4-6-17-11)14-9-3-5-13-10(15-9)16-12/h3,5,8H,4,6-7,12H2,1-2H3,(H2,13,14,15,16). The molecule has 0 spiro atoms. The number of nitrogens with one attached hydrogen (secondary N) is 2. The van der Waals surface area contributed by atoms with Crippen LogP contribution in [0.4, 0.5) is 11.8 Å². The highest BCUT2D eigenvalue weighted by molar-refractivity contribution is 5.39. The lowest BCUT2D eigenvalue weighted by atomic mass is 9.94. The third-order valence-corrected chi connectivity index (χ3v) is 2.83. The molecule has 0 radical (unpaired) electrons. The SMILES string of the molecule is CC1(C)CC(Nc2ccnc(NN)n2)CCO1. The van der Waals surface area contributed by atoms with Gasteiger partial charge in [0.15, 0.2) is 0 Å². The summed E-state index contributed by atoms with van der Waals surface area (Å²) in [5, 5.41) is 3.38. The van der Waals surface area contributed by atoms with Gasteiger partial charge in [0.05, 0.1) is 5.60 Å². The van der Waals surface area contributed by atoms with Crippen molar-refractivity contribution in [3.05, 3.63) is 12.3 Å². The monoisotopic (exact) mass is 237 g/mol. The summed E-state index contributed by atoms with van der Waals surface area (Å²) in [5.74, 6) is 6.48. The van der Waals surface area contributed by atoms with E-state index >= 15 is 0 Å². The summed E-state index contributed by atoms with van der Waals surface area (Å²) in [7, 11) is 0. The fraction of sp³-hybridized carbons (Fsp3) is 0.636. The summed E-state index contributed by atoms with van der Waals surface area (Å²) in [6.45, 7) is 4.99. The predicted molar refractivity (Wildman–Crippen MR) is 66.5 cm³/mol. The molecule has 0 aliphatic carbocycles. The van der Waals surface area contributed by atoms with E-state index in [-0.39, 0.29) is 5.60 Å². The van der Waals surface area contributed by atoms with E-state index in [0.29, 0.717) is 12.0 Å². The van der Waals surface area contributed by atoms with Crippen LogP contribution in [-0.4, -0.2) is 28.2 Å². The zero-order chi connectivity index (χ0) is 12.3. The molecule has 4 N–H and O–H groups in total. The van der Waals surface area contributed by atoms with Gasteiger partial charge >= 0.3 is 0 Å². The quantitative estimate of drug-likeness (QED) is 0.540. The molecule has 1 aliphatic heterocycles. The van der Waals surface area contributed by atoms with Crippen molar-refractivity contribution >= 4 is 11.8 Å². The second-order valence-electron chi connectivity index (χ2n) is 4.85. The molecule has 0 aromatic carbocycles. The average molecular weight is 237 g/mol. The Morgan fingerprint density at radius 2 is 2.35 bits per heavy atom. The highest BCUT2D eigenvalue weighted by atomic mass is 16.5. The van der Waals surface area contributed by atoms with Gasteiger partial charge in [0.25, 0.3) is 0 Å². The first kappa shape index (κ1) is 12.1. The molecule has 0 saturated carbocycles. The van der Waals surface area contributed by atoms with Gasteiger partial charge in [-0.05, 0) is 32.8 Å². The van der Waals surface area contributed by atoms with Gasteiger partial charge in [0.1, 0.15) is 5.82 Å². The van der Waals surface area contributed by atoms with Gasteiger partial charge < -0.3 is 10.1 Å². The van der Waals surface area contributed by atoms with Crippen LogP contribution in [0.5, 0.6) is 0 Å². The van der Waals surface area contributed by atoms with Crippen LogP contribution in [0.2, 0.25) is 0 Å². The Hall–Kier alpha value is -1.40. The fourth-order valence-corrected chi connectivity index (χ4v) is 2.07. The zero-order valence-electron chi connectivity index (χ0n) is 10.2. The van der Waals surface area contributed by atoms with E-state index in [9.17, 15) is 0 Å². The van der Waals surface area contributed by atoms with Crippen LogP contribution in [0, 0.1) is 0 Å². The van der Waals surface area contributed by atoms with E-state index in [2.05, 4.69) is 34.6 Å². The van der Waals surface area contributed by atoms with Gasteiger partial charge in [-0.15, -0.1) is 0 Å². The zero-order valence-corrected chi connectivity index (χ0v) is 10.2. The molecule has 94 valence electrons. The number of aromatic nitrogens is 2. The third kappa shape index (κ3) is 3.28. The number of hydrazine groups is 1. The lowest BCUT2D eigenvalue weighted by Gasteiger charge is -2.36. The average Bonchev–Trinajstić information content (AvgIpc) is 2.28. The summed E-state index contributed by atoms with van der Waals surface area (Å²) in [6.07, 6.45) is 3.62. The highest BCUT2D eigenvalue weighted by Gasteiger charge is 2.28. The van der Waals surface area contributed by atoms with Crippen LogP contribution in [0.25, 0.3) is 0 Å². The first-order chi connectivity index (χ1) is 8.09. The highest BCUT2D eigenvalue weighted by Crippen LogP contribution is 2.25. The number of nitrogens with zero attached hydrogens (tertiary/aromatic N) is 2. The molecule has 17 heavy (non-hydrogen) atoms. The summed E-state index contributed by atoms with van der Waals surface area (Å²) < 4.78 is 5.67. The van der Waals surface area contributed by atoms with Crippen LogP contribution < -0.4 is 16.6 Å². The number of nitrogen functional groups attached to an aromatic ring is 1. The van der Waals surface area contributed by atoms with Gasteiger partial charge in [-0.25, -0.2) is 10.8 Å². The smallest absolute Gasteiger partial charge is 0.239 e. The minimum Gasteiger partial charge on any atom is -0.375 e. The van der Waals surface area contributed by atoms with Crippen molar-refractivity contribution in [1.29, 1.82) is 0 Å². The van der Waals surface area contributed by atoms with E-state index in [4.69, 9.17) is 10.6 Å².